The minimum Gasteiger partial charge on any atom is -0.288 e. The number of carbonyl (C=O) groups excluding carboxylic acids is 1. The summed E-state index contributed by atoms with van der Waals surface area (Å²) in [5, 5.41) is 0. The molecule has 4 rings (SSSR count). The molecule has 0 saturated carbocycles. The molecule has 0 N–H and O–H groups in total. The van der Waals surface area contributed by atoms with Crippen LogP contribution in [-0.4, -0.2) is 38.0 Å². The van der Waals surface area contributed by atoms with E-state index in [1.54, 1.807) is 9.80 Å². The van der Waals surface area contributed by atoms with Crippen LogP contribution in [0.5, 0.6) is 0 Å². The molecule has 2 aliphatic heterocycles. The zero-order valence-corrected chi connectivity index (χ0v) is 13.2. The smallest absolute Gasteiger partial charge is 0.288 e. The van der Waals surface area contributed by atoms with Gasteiger partial charge in [0, 0.05) is 11.4 Å². The third-order valence-electron chi connectivity index (χ3n) is 4.44. The predicted molar refractivity (Wildman–Crippen MR) is 89.5 cm³/mol. The van der Waals surface area contributed by atoms with Crippen molar-refractivity contribution in [2.24, 2.45) is 0 Å². The molecule has 0 unspecified atom stereocenters. The quantitative estimate of drug-likeness (QED) is 0.795. The van der Waals surface area contributed by atoms with Crippen molar-refractivity contribution in [1.82, 2.24) is 0 Å². The predicted octanol–water partition coefficient (Wildman–Crippen LogP) is 2.30. The summed E-state index contributed by atoms with van der Waals surface area (Å²) in [5.74, 6) is 0.0310. The van der Waals surface area contributed by atoms with Crippen molar-refractivity contribution in [2.75, 3.05) is 21.3 Å². The van der Waals surface area contributed by atoms with Crippen LogP contribution in [0, 0.1) is 0 Å². The highest BCUT2D eigenvalue weighted by Crippen LogP contribution is 2.37. The van der Waals surface area contributed by atoms with Crippen molar-refractivity contribution >= 4 is 27.2 Å². The third-order valence-corrected chi connectivity index (χ3v) is 6.14. The topological polar surface area (TPSA) is 57.7 Å². The van der Waals surface area contributed by atoms with Gasteiger partial charge in [0.15, 0.2) is 9.84 Å². The number of carbonyl (C=O) groups is 1. The van der Waals surface area contributed by atoms with E-state index in [9.17, 15) is 13.2 Å². The van der Waals surface area contributed by atoms with E-state index in [0.717, 1.165) is 11.4 Å². The maximum atomic E-state index is 13.0. The highest BCUT2D eigenvalue weighted by Gasteiger charge is 2.54. The van der Waals surface area contributed by atoms with Gasteiger partial charge in [0.25, 0.3) is 0 Å². The lowest BCUT2D eigenvalue weighted by Crippen LogP contribution is -2.37. The van der Waals surface area contributed by atoms with Crippen LogP contribution < -0.4 is 9.80 Å². The second-order valence-corrected chi connectivity index (χ2v) is 8.06. The molecule has 0 aliphatic carbocycles. The molecule has 2 atom stereocenters. The van der Waals surface area contributed by atoms with Crippen molar-refractivity contribution in [3.8, 4) is 0 Å². The molecule has 118 valence electrons. The Morgan fingerprint density at radius 1 is 0.739 bits per heavy atom. The number of fused-ring (bicyclic) bond motifs is 1. The van der Waals surface area contributed by atoms with E-state index in [2.05, 4.69) is 0 Å². The number of rotatable bonds is 2. The normalized spacial score (nSPS) is 25.7. The maximum Gasteiger partial charge on any atom is 0.329 e. The van der Waals surface area contributed by atoms with Crippen molar-refractivity contribution < 1.29 is 13.2 Å². The highest BCUT2D eigenvalue weighted by atomic mass is 32.2. The highest BCUT2D eigenvalue weighted by molar-refractivity contribution is 7.91. The van der Waals surface area contributed by atoms with Crippen LogP contribution in [-0.2, 0) is 9.84 Å². The fraction of sp³-hybridized carbons (Fsp3) is 0.235. The van der Waals surface area contributed by atoms with Gasteiger partial charge in [-0.15, -0.1) is 0 Å². The Bertz CT molecular complexity index is 773. The Morgan fingerprint density at radius 2 is 1.13 bits per heavy atom. The van der Waals surface area contributed by atoms with E-state index >= 15 is 0 Å². The zero-order chi connectivity index (χ0) is 16.0. The first-order chi connectivity index (χ1) is 11.1. The third kappa shape index (κ3) is 2.30. The summed E-state index contributed by atoms with van der Waals surface area (Å²) in [7, 11) is -3.15. The van der Waals surface area contributed by atoms with Gasteiger partial charge >= 0.3 is 6.03 Å². The number of sulfone groups is 1. The van der Waals surface area contributed by atoms with Crippen molar-refractivity contribution in [2.45, 2.75) is 12.1 Å². The summed E-state index contributed by atoms with van der Waals surface area (Å²) in [6, 6.07) is 17.7. The van der Waals surface area contributed by atoms with E-state index in [4.69, 9.17) is 0 Å². The van der Waals surface area contributed by atoms with Gasteiger partial charge in [-0.05, 0) is 24.3 Å². The lowest BCUT2D eigenvalue weighted by molar-refractivity contribution is 0.255. The van der Waals surface area contributed by atoms with Crippen LogP contribution in [0.2, 0.25) is 0 Å². The van der Waals surface area contributed by atoms with Crippen LogP contribution in [0.15, 0.2) is 60.7 Å². The summed E-state index contributed by atoms with van der Waals surface area (Å²) in [6.07, 6.45) is 0. The monoisotopic (exact) mass is 328 g/mol. The van der Waals surface area contributed by atoms with Crippen molar-refractivity contribution in [3.05, 3.63) is 60.7 Å². The fourth-order valence-corrected chi connectivity index (χ4v) is 5.40. The molecule has 0 aromatic heterocycles. The zero-order valence-electron chi connectivity index (χ0n) is 12.4. The van der Waals surface area contributed by atoms with Gasteiger partial charge in [0.05, 0.1) is 23.6 Å². The first kappa shape index (κ1) is 14.3. The summed E-state index contributed by atoms with van der Waals surface area (Å²) in [5.41, 5.74) is 1.48. The number of hydrogen-bond donors (Lipinski definition) is 0. The molecule has 6 heteroatoms. The molecule has 0 radical (unpaired) electrons. The first-order valence-electron chi connectivity index (χ1n) is 7.50. The number of anilines is 2. The SMILES string of the molecule is O=C1N(c2ccccc2)[C@@H]2CS(=O)(=O)C[C@@H]2N1c1ccccc1. The molecule has 23 heavy (non-hydrogen) atoms. The number of nitrogens with zero attached hydrogens (tertiary/aromatic N) is 2. The lowest BCUT2D eigenvalue weighted by atomic mass is 10.1. The number of urea groups is 1. The molecule has 2 fully saturated rings. The summed E-state index contributed by atoms with van der Waals surface area (Å²) in [4.78, 5) is 16.2. The Morgan fingerprint density at radius 3 is 1.52 bits per heavy atom. The van der Waals surface area contributed by atoms with Gasteiger partial charge in [-0.3, -0.25) is 9.80 Å². The Balaban J connectivity index is 1.82. The number of hydrogen-bond acceptors (Lipinski definition) is 3. The lowest BCUT2D eigenvalue weighted by Gasteiger charge is -2.22. The van der Waals surface area contributed by atoms with E-state index in [1.165, 1.54) is 0 Å². The van der Waals surface area contributed by atoms with Gasteiger partial charge in [-0.25, -0.2) is 13.2 Å². The van der Waals surface area contributed by atoms with Gasteiger partial charge < -0.3 is 0 Å². The van der Waals surface area contributed by atoms with E-state index in [1.807, 2.05) is 60.7 Å². The molecule has 2 heterocycles. The molecule has 0 spiro atoms. The van der Waals surface area contributed by atoms with Crippen molar-refractivity contribution in [3.63, 3.8) is 0 Å². The molecular weight excluding hydrogens is 312 g/mol. The minimum atomic E-state index is -3.15. The first-order valence-corrected chi connectivity index (χ1v) is 9.32. The molecule has 2 aromatic rings. The molecule has 2 saturated heterocycles. The molecule has 2 aromatic carbocycles. The van der Waals surface area contributed by atoms with Crippen LogP contribution >= 0.6 is 0 Å². The van der Waals surface area contributed by atoms with Gasteiger partial charge in [-0.1, -0.05) is 36.4 Å². The summed E-state index contributed by atoms with van der Waals surface area (Å²) < 4.78 is 24.3. The second-order valence-electron chi connectivity index (χ2n) is 5.91. The minimum absolute atomic E-state index is 0.0155. The number of benzene rings is 2. The van der Waals surface area contributed by atoms with E-state index in [-0.39, 0.29) is 29.6 Å². The fourth-order valence-electron chi connectivity index (χ4n) is 3.48. The molecule has 5 nitrogen and oxygen atoms in total. The maximum absolute atomic E-state index is 13.0. The summed E-state index contributed by atoms with van der Waals surface area (Å²) in [6.45, 7) is 0. The number of para-hydroxylation sites is 2. The Labute approximate surface area is 135 Å². The van der Waals surface area contributed by atoms with Gasteiger partial charge in [-0.2, -0.15) is 0 Å². The van der Waals surface area contributed by atoms with E-state index < -0.39 is 9.84 Å². The van der Waals surface area contributed by atoms with Crippen LogP contribution in [0.25, 0.3) is 0 Å². The van der Waals surface area contributed by atoms with Gasteiger partial charge in [0.1, 0.15) is 0 Å². The molecule has 2 amide bonds. The second kappa shape index (κ2) is 5.09. The Kier molecular flexibility index (Phi) is 3.16. The standard InChI is InChI=1S/C17H16N2O3S/c20-17-18(13-7-3-1-4-8-13)15-11-23(21,22)12-16(15)19(17)14-9-5-2-6-10-14/h1-10,15-16H,11-12H2/t15-,16+. The Hall–Kier alpha value is -2.34. The van der Waals surface area contributed by atoms with Crippen LogP contribution in [0.1, 0.15) is 0 Å². The van der Waals surface area contributed by atoms with E-state index in [0.29, 0.717) is 0 Å². The average molecular weight is 328 g/mol. The van der Waals surface area contributed by atoms with Gasteiger partial charge in [0.2, 0.25) is 0 Å². The molecule has 2 aliphatic rings. The summed E-state index contributed by atoms with van der Waals surface area (Å²) >= 11 is 0. The average Bonchev–Trinajstić information content (AvgIpc) is 2.97. The largest absolute Gasteiger partial charge is 0.329 e. The van der Waals surface area contributed by atoms with Crippen molar-refractivity contribution in [1.29, 1.82) is 0 Å². The van der Waals surface area contributed by atoms with Crippen LogP contribution in [0.3, 0.4) is 0 Å². The number of amides is 2. The van der Waals surface area contributed by atoms with Crippen LogP contribution in [0.4, 0.5) is 16.2 Å². The molecular formula is C17H16N2O3S. The molecule has 0 bridgehead atoms.